The summed E-state index contributed by atoms with van der Waals surface area (Å²) in [6.07, 6.45) is 0.548. The second-order valence-corrected chi connectivity index (χ2v) is 10.9. The number of aryl methyl sites for hydroxylation is 1. The van der Waals surface area contributed by atoms with Gasteiger partial charge in [-0.1, -0.05) is 24.3 Å². The minimum Gasteiger partial charge on any atom is -0.495 e. The number of carboxylic acids is 1. The lowest BCUT2D eigenvalue weighted by Gasteiger charge is -2.31. The van der Waals surface area contributed by atoms with Crippen molar-refractivity contribution in [1.82, 2.24) is 15.1 Å². The minimum atomic E-state index is -0.975. The van der Waals surface area contributed by atoms with Crippen LogP contribution in [0.3, 0.4) is 0 Å². The monoisotopic (exact) mass is 583 g/mol. The minimum absolute atomic E-state index is 0.0533. The highest BCUT2D eigenvalue weighted by Gasteiger charge is 2.22. The molecular weight excluding hydrogens is 538 g/mol. The van der Waals surface area contributed by atoms with Crippen molar-refractivity contribution in [2.24, 2.45) is 0 Å². The summed E-state index contributed by atoms with van der Waals surface area (Å²) in [7, 11) is 1.50. The third-order valence-corrected chi connectivity index (χ3v) is 6.74. The van der Waals surface area contributed by atoms with Gasteiger partial charge in [0.1, 0.15) is 5.75 Å². The Morgan fingerprint density at radius 2 is 1.50 bits per heavy atom. The van der Waals surface area contributed by atoms with Gasteiger partial charge in [0.05, 0.1) is 25.6 Å². The Labute approximate surface area is 248 Å². The maximum atomic E-state index is 13.3. The zero-order valence-corrected chi connectivity index (χ0v) is 25.7. The third kappa shape index (κ3) is 10.6. The number of nitrogens with zero attached hydrogens (tertiary/aromatic N) is 2. The molecule has 0 aliphatic rings. The largest absolute Gasteiger partial charge is 0.495 e. The molecular formula is C31H45N5O6. The topological polar surface area (TPSA) is 140 Å². The SMILES string of the molecule is COc1cc(CC(=O)N(CCCN(C(=O)NC(C)CC(=O)O)C(C)C)C(C)C)ccc1NC(=O)Nc1ccccc1C. The van der Waals surface area contributed by atoms with E-state index in [9.17, 15) is 19.2 Å². The van der Waals surface area contributed by atoms with E-state index in [2.05, 4.69) is 16.0 Å². The van der Waals surface area contributed by atoms with Crippen molar-refractivity contribution in [3.63, 3.8) is 0 Å². The fraction of sp³-hybridized carbons (Fsp3) is 0.484. The molecule has 0 bridgehead atoms. The molecule has 5 amide bonds. The average molecular weight is 584 g/mol. The molecule has 230 valence electrons. The summed E-state index contributed by atoms with van der Waals surface area (Å²) < 4.78 is 5.49. The van der Waals surface area contributed by atoms with Crippen molar-refractivity contribution in [2.75, 3.05) is 30.8 Å². The summed E-state index contributed by atoms with van der Waals surface area (Å²) in [6.45, 7) is 12.1. The Morgan fingerprint density at radius 3 is 2.10 bits per heavy atom. The summed E-state index contributed by atoms with van der Waals surface area (Å²) in [5, 5.41) is 17.3. The summed E-state index contributed by atoms with van der Waals surface area (Å²) in [5.41, 5.74) is 2.86. The molecule has 1 atom stereocenters. The molecule has 1 unspecified atom stereocenters. The number of ether oxygens (including phenoxy) is 1. The number of anilines is 2. The van der Waals surface area contributed by atoms with E-state index in [0.29, 0.717) is 36.6 Å². The number of hydrogen-bond acceptors (Lipinski definition) is 5. The van der Waals surface area contributed by atoms with Crippen LogP contribution in [0.5, 0.6) is 5.75 Å². The highest BCUT2D eigenvalue weighted by atomic mass is 16.5. The fourth-order valence-electron chi connectivity index (χ4n) is 4.50. The second kappa shape index (κ2) is 16.2. The fourth-order valence-corrected chi connectivity index (χ4v) is 4.50. The number of carboxylic acid groups (broad SMARTS) is 1. The van der Waals surface area contributed by atoms with Gasteiger partial charge in [-0.2, -0.15) is 0 Å². The number of benzene rings is 2. The van der Waals surface area contributed by atoms with Gasteiger partial charge < -0.3 is 35.6 Å². The molecule has 0 saturated carbocycles. The standard InChI is InChI=1S/C31H45N5O6/c1-20(2)35(15-10-16-36(21(3)4)31(41)32-23(6)17-29(38)39)28(37)19-24-13-14-26(27(18-24)42-7)34-30(40)33-25-12-9-8-11-22(25)5/h8-9,11-14,18,20-21,23H,10,15-17,19H2,1-7H3,(H,32,41)(H,38,39)(H2,33,34,40). The van der Waals surface area contributed by atoms with E-state index in [-0.39, 0.29) is 36.9 Å². The van der Waals surface area contributed by atoms with E-state index in [1.54, 1.807) is 34.9 Å². The van der Waals surface area contributed by atoms with E-state index < -0.39 is 18.0 Å². The Hall–Kier alpha value is -4.28. The van der Waals surface area contributed by atoms with Gasteiger partial charge in [0.2, 0.25) is 5.91 Å². The first-order valence-electron chi connectivity index (χ1n) is 14.2. The summed E-state index contributed by atoms with van der Waals surface area (Å²) in [4.78, 5) is 52.9. The first kappa shape index (κ1) is 33.9. The van der Waals surface area contributed by atoms with Crippen LogP contribution in [-0.4, -0.2) is 77.2 Å². The van der Waals surface area contributed by atoms with Crippen LogP contribution in [0.1, 0.15) is 58.6 Å². The van der Waals surface area contributed by atoms with E-state index >= 15 is 0 Å². The van der Waals surface area contributed by atoms with E-state index in [0.717, 1.165) is 11.1 Å². The zero-order valence-electron chi connectivity index (χ0n) is 25.7. The maximum Gasteiger partial charge on any atom is 0.323 e. The lowest BCUT2D eigenvalue weighted by molar-refractivity contribution is -0.137. The van der Waals surface area contributed by atoms with Gasteiger partial charge in [-0.05, 0) is 77.3 Å². The number of methoxy groups -OCH3 is 1. The van der Waals surface area contributed by atoms with Crippen LogP contribution in [-0.2, 0) is 16.0 Å². The lowest BCUT2D eigenvalue weighted by Crippen LogP contribution is -2.48. The third-order valence-electron chi connectivity index (χ3n) is 6.74. The molecule has 0 spiro atoms. The number of hydrogen-bond donors (Lipinski definition) is 4. The van der Waals surface area contributed by atoms with Crippen LogP contribution in [0.25, 0.3) is 0 Å². The zero-order chi connectivity index (χ0) is 31.4. The van der Waals surface area contributed by atoms with Crippen molar-refractivity contribution in [2.45, 2.75) is 78.9 Å². The van der Waals surface area contributed by atoms with Crippen LogP contribution in [0.2, 0.25) is 0 Å². The number of para-hydroxylation sites is 1. The molecule has 0 fully saturated rings. The van der Waals surface area contributed by atoms with Gasteiger partial charge in [-0.15, -0.1) is 0 Å². The summed E-state index contributed by atoms with van der Waals surface area (Å²) >= 11 is 0. The maximum absolute atomic E-state index is 13.3. The highest BCUT2D eigenvalue weighted by Crippen LogP contribution is 2.27. The van der Waals surface area contributed by atoms with Gasteiger partial charge >= 0.3 is 18.0 Å². The first-order valence-corrected chi connectivity index (χ1v) is 14.2. The molecule has 0 saturated heterocycles. The predicted molar refractivity (Wildman–Crippen MR) is 164 cm³/mol. The van der Waals surface area contributed by atoms with Crippen molar-refractivity contribution in [3.8, 4) is 5.75 Å². The predicted octanol–water partition coefficient (Wildman–Crippen LogP) is 5.10. The van der Waals surface area contributed by atoms with Crippen molar-refractivity contribution in [3.05, 3.63) is 53.6 Å². The molecule has 42 heavy (non-hydrogen) atoms. The number of nitrogens with one attached hydrogen (secondary N) is 3. The van der Waals surface area contributed by atoms with E-state index in [4.69, 9.17) is 9.84 Å². The quantitative estimate of drug-likeness (QED) is 0.244. The first-order chi connectivity index (χ1) is 19.8. The van der Waals surface area contributed by atoms with Gasteiger partial charge in [0.15, 0.2) is 0 Å². The number of amides is 5. The van der Waals surface area contributed by atoms with E-state index in [1.165, 1.54) is 7.11 Å². The molecule has 11 nitrogen and oxygen atoms in total. The van der Waals surface area contributed by atoms with Gasteiger partial charge in [-0.25, -0.2) is 9.59 Å². The highest BCUT2D eigenvalue weighted by molar-refractivity contribution is 6.01. The number of carbonyl (C=O) groups is 4. The number of urea groups is 2. The molecule has 2 rings (SSSR count). The van der Waals surface area contributed by atoms with Crippen molar-refractivity contribution < 1.29 is 29.0 Å². The van der Waals surface area contributed by atoms with Gasteiger partial charge in [-0.3, -0.25) is 9.59 Å². The van der Waals surface area contributed by atoms with Gasteiger partial charge in [0, 0.05) is 36.9 Å². The molecule has 0 aliphatic carbocycles. The van der Waals surface area contributed by atoms with E-state index in [1.807, 2.05) is 58.9 Å². The molecule has 4 N–H and O–H groups in total. The summed E-state index contributed by atoms with van der Waals surface area (Å²) in [6, 6.07) is 11.3. The molecule has 0 aliphatic heterocycles. The molecule has 11 heteroatoms. The average Bonchev–Trinajstić information content (AvgIpc) is 2.89. The van der Waals surface area contributed by atoms with Crippen LogP contribution >= 0.6 is 0 Å². The Balaban J connectivity index is 2.00. The Morgan fingerprint density at radius 1 is 0.881 bits per heavy atom. The Bertz CT molecular complexity index is 1230. The molecule has 0 radical (unpaired) electrons. The van der Waals surface area contributed by atoms with Crippen LogP contribution in [0.4, 0.5) is 21.0 Å². The van der Waals surface area contributed by atoms with Crippen LogP contribution in [0, 0.1) is 6.92 Å². The van der Waals surface area contributed by atoms with Gasteiger partial charge in [0.25, 0.3) is 0 Å². The van der Waals surface area contributed by atoms with Crippen molar-refractivity contribution in [1.29, 1.82) is 0 Å². The number of rotatable bonds is 14. The number of aliphatic carboxylic acids is 1. The Kier molecular flexibility index (Phi) is 13.1. The smallest absolute Gasteiger partial charge is 0.323 e. The normalized spacial score (nSPS) is 11.5. The molecule has 0 heterocycles. The number of carbonyl (C=O) groups excluding carboxylic acids is 3. The van der Waals surface area contributed by atoms with Crippen molar-refractivity contribution >= 4 is 35.3 Å². The molecule has 0 aromatic heterocycles. The molecule has 2 aromatic rings. The molecule has 2 aromatic carbocycles. The van der Waals surface area contributed by atoms with Crippen LogP contribution in [0.15, 0.2) is 42.5 Å². The lowest BCUT2D eigenvalue weighted by atomic mass is 10.1. The second-order valence-electron chi connectivity index (χ2n) is 10.9. The summed E-state index contributed by atoms with van der Waals surface area (Å²) in [5.74, 6) is -0.607. The van der Waals surface area contributed by atoms with Crippen LogP contribution < -0.4 is 20.7 Å².